The quantitative estimate of drug-likeness (QED) is 0.662. The largest absolute Gasteiger partial charge is 0.396 e. The van der Waals surface area contributed by atoms with Crippen LogP contribution in [0.5, 0.6) is 0 Å². The Morgan fingerprint density at radius 1 is 1.10 bits per heavy atom. The Morgan fingerprint density at radius 3 is 2.55 bits per heavy atom. The molecule has 1 aromatic heterocycles. The van der Waals surface area contributed by atoms with Crippen molar-refractivity contribution in [3.8, 4) is 5.69 Å². The first kappa shape index (κ1) is 20.7. The topological polar surface area (TPSA) is 87.5 Å². The van der Waals surface area contributed by atoms with Crippen molar-refractivity contribution in [1.29, 1.82) is 0 Å². The molecule has 0 saturated carbocycles. The number of carbonyl (C=O) groups excluding carboxylic acids is 2. The van der Waals surface area contributed by atoms with Crippen molar-refractivity contribution in [2.24, 2.45) is 5.92 Å². The van der Waals surface area contributed by atoms with Gasteiger partial charge < -0.3 is 15.3 Å². The van der Waals surface area contributed by atoms with Crippen LogP contribution in [-0.4, -0.2) is 51.3 Å². The van der Waals surface area contributed by atoms with Crippen molar-refractivity contribution in [3.05, 3.63) is 77.9 Å². The van der Waals surface area contributed by atoms with Crippen LogP contribution in [0.1, 0.15) is 33.7 Å². The number of likely N-dealkylation sites (tertiary alicyclic amines) is 1. The fraction of sp³-hybridized carbons (Fsp3) is 0.261. The summed E-state index contributed by atoms with van der Waals surface area (Å²) in [7, 11) is 0. The Bertz CT molecular complexity index is 1070. The molecule has 2 heterocycles. The van der Waals surface area contributed by atoms with Gasteiger partial charge in [0.1, 0.15) is 5.82 Å². The third kappa shape index (κ3) is 4.80. The van der Waals surface area contributed by atoms with Gasteiger partial charge in [-0.2, -0.15) is 5.10 Å². The number of nitrogens with one attached hydrogen (secondary N) is 1. The van der Waals surface area contributed by atoms with Crippen molar-refractivity contribution < 1.29 is 19.1 Å². The summed E-state index contributed by atoms with van der Waals surface area (Å²) in [5, 5.41) is 16.3. The Kier molecular flexibility index (Phi) is 6.08. The van der Waals surface area contributed by atoms with E-state index in [-0.39, 0.29) is 29.9 Å². The summed E-state index contributed by atoms with van der Waals surface area (Å²) < 4.78 is 14.6. The number of aromatic nitrogens is 2. The summed E-state index contributed by atoms with van der Waals surface area (Å²) in [6.07, 6.45) is 3.20. The number of piperidine rings is 1. The van der Waals surface area contributed by atoms with Crippen molar-refractivity contribution in [2.45, 2.75) is 12.8 Å². The molecule has 2 N–H and O–H groups in total. The van der Waals surface area contributed by atoms with Crippen LogP contribution in [0.25, 0.3) is 5.69 Å². The van der Waals surface area contributed by atoms with Gasteiger partial charge in [-0.05, 0) is 67.3 Å². The second-order valence-corrected chi connectivity index (χ2v) is 7.58. The number of aliphatic hydroxyl groups is 1. The lowest BCUT2D eigenvalue weighted by Crippen LogP contribution is -2.39. The molecule has 1 fully saturated rings. The summed E-state index contributed by atoms with van der Waals surface area (Å²) in [4.78, 5) is 27.2. The van der Waals surface area contributed by atoms with E-state index in [4.69, 9.17) is 0 Å². The van der Waals surface area contributed by atoms with Gasteiger partial charge in [-0.1, -0.05) is 6.07 Å². The van der Waals surface area contributed by atoms with Crippen molar-refractivity contribution >= 4 is 17.5 Å². The van der Waals surface area contributed by atoms with E-state index in [0.717, 1.165) is 12.8 Å². The second kappa shape index (κ2) is 9.09. The van der Waals surface area contributed by atoms with E-state index in [1.54, 1.807) is 53.6 Å². The van der Waals surface area contributed by atoms with Crippen molar-refractivity contribution in [2.75, 3.05) is 25.0 Å². The number of amides is 2. The molecule has 0 atom stereocenters. The Labute approximate surface area is 179 Å². The predicted octanol–water partition coefficient (Wildman–Crippen LogP) is 3.11. The highest BCUT2D eigenvalue weighted by Crippen LogP contribution is 2.20. The number of carbonyl (C=O) groups is 2. The normalized spacial score (nSPS) is 14.5. The number of halogens is 1. The highest BCUT2D eigenvalue weighted by atomic mass is 19.1. The molecule has 1 aliphatic heterocycles. The Morgan fingerprint density at radius 2 is 1.84 bits per heavy atom. The monoisotopic (exact) mass is 422 g/mol. The van der Waals surface area contributed by atoms with Crippen molar-refractivity contribution in [1.82, 2.24) is 14.7 Å². The second-order valence-electron chi connectivity index (χ2n) is 7.58. The molecule has 0 spiro atoms. The van der Waals surface area contributed by atoms with Gasteiger partial charge in [-0.3, -0.25) is 9.59 Å². The molecule has 4 rings (SSSR count). The smallest absolute Gasteiger partial charge is 0.276 e. The molecule has 1 aliphatic rings. The van der Waals surface area contributed by atoms with Crippen LogP contribution in [0.4, 0.5) is 10.1 Å². The zero-order valence-corrected chi connectivity index (χ0v) is 16.9. The molecule has 7 nitrogen and oxygen atoms in total. The van der Waals surface area contributed by atoms with Crippen LogP contribution in [0, 0.1) is 11.7 Å². The number of hydrogen-bond acceptors (Lipinski definition) is 4. The molecule has 0 unspecified atom stereocenters. The number of hydrogen-bond donors (Lipinski definition) is 2. The average Bonchev–Trinajstić information content (AvgIpc) is 3.30. The zero-order chi connectivity index (χ0) is 21.8. The van der Waals surface area contributed by atoms with Crippen LogP contribution in [0.15, 0.2) is 60.8 Å². The lowest BCUT2D eigenvalue weighted by atomic mass is 9.97. The predicted molar refractivity (Wildman–Crippen MR) is 114 cm³/mol. The van der Waals surface area contributed by atoms with Gasteiger partial charge in [-0.15, -0.1) is 0 Å². The molecule has 2 aromatic carbocycles. The van der Waals surface area contributed by atoms with E-state index in [1.165, 1.54) is 16.8 Å². The molecule has 0 aliphatic carbocycles. The van der Waals surface area contributed by atoms with Gasteiger partial charge in [0, 0.05) is 37.1 Å². The van der Waals surface area contributed by atoms with E-state index in [0.29, 0.717) is 30.0 Å². The summed E-state index contributed by atoms with van der Waals surface area (Å²) in [6, 6.07) is 14.2. The SMILES string of the molecule is O=C(Nc1cccc(C(=O)N2CCC(CO)CC2)c1)c1ccn(-c2ccc(F)cc2)n1. The molecule has 3 aromatic rings. The fourth-order valence-electron chi connectivity index (χ4n) is 3.61. The number of rotatable bonds is 5. The summed E-state index contributed by atoms with van der Waals surface area (Å²) in [5.41, 5.74) is 1.83. The van der Waals surface area contributed by atoms with E-state index in [2.05, 4.69) is 10.4 Å². The van der Waals surface area contributed by atoms with Gasteiger partial charge in [0.25, 0.3) is 11.8 Å². The summed E-state index contributed by atoms with van der Waals surface area (Å²) in [5.74, 6) is -0.590. The zero-order valence-electron chi connectivity index (χ0n) is 16.9. The highest BCUT2D eigenvalue weighted by Gasteiger charge is 2.23. The van der Waals surface area contributed by atoms with Crippen molar-refractivity contribution in [3.63, 3.8) is 0 Å². The van der Waals surface area contributed by atoms with E-state index < -0.39 is 5.91 Å². The average molecular weight is 422 g/mol. The number of benzene rings is 2. The molecule has 8 heteroatoms. The number of nitrogens with zero attached hydrogens (tertiary/aromatic N) is 3. The first-order valence-electron chi connectivity index (χ1n) is 10.2. The number of aliphatic hydroxyl groups excluding tert-OH is 1. The van der Waals surface area contributed by atoms with E-state index in [9.17, 15) is 19.1 Å². The van der Waals surface area contributed by atoms with Gasteiger partial charge in [-0.25, -0.2) is 9.07 Å². The maximum absolute atomic E-state index is 13.1. The van der Waals surface area contributed by atoms with Crippen LogP contribution < -0.4 is 5.32 Å². The maximum Gasteiger partial charge on any atom is 0.276 e. The van der Waals surface area contributed by atoms with Crippen LogP contribution in [-0.2, 0) is 0 Å². The van der Waals surface area contributed by atoms with Crippen LogP contribution in [0.3, 0.4) is 0 Å². The minimum absolute atomic E-state index is 0.0897. The van der Waals surface area contributed by atoms with Crippen LogP contribution in [0.2, 0.25) is 0 Å². The standard InChI is InChI=1S/C23H23FN4O3/c24-18-4-6-20(7-5-18)28-13-10-21(26-28)22(30)25-19-3-1-2-17(14-19)23(31)27-11-8-16(15-29)9-12-27/h1-7,10,13-14,16,29H,8-9,11-12,15H2,(H,25,30). The minimum Gasteiger partial charge on any atom is -0.396 e. The maximum atomic E-state index is 13.1. The van der Waals surface area contributed by atoms with E-state index >= 15 is 0 Å². The van der Waals surface area contributed by atoms with Gasteiger partial charge in [0.05, 0.1) is 5.69 Å². The molecule has 1 saturated heterocycles. The first-order valence-corrected chi connectivity index (χ1v) is 10.2. The number of anilines is 1. The molecule has 2 amide bonds. The lowest BCUT2D eigenvalue weighted by Gasteiger charge is -2.31. The third-order valence-corrected chi connectivity index (χ3v) is 5.44. The molecular weight excluding hydrogens is 399 g/mol. The Balaban J connectivity index is 1.42. The molecule has 0 radical (unpaired) electrons. The first-order chi connectivity index (χ1) is 15.0. The fourth-order valence-corrected chi connectivity index (χ4v) is 3.61. The highest BCUT2D eigenvalue weighted by molar-refractivity contribution is 6.03. The molecular formula is C23H23FN4O3. The van der Waals surface area contributed by atoms with Gasteiger partial charge in [0.15, 0.2) is 5.69 Å². The Hall–Kier alpha value is -3.52. The van der Waals surface area contributed by atoms with Crippen LogP contribution >= 0.6 is 0 Å². The molecule has 31 heavy (non-hydrogen) atoms. The lowest BCUT2D eigenvalue weighted by molar-refractivity contribution is 0.0650. The summed E-state index contributed by atoms with van der Waals surface area (Å²) >= 11 is 0. The molecule has 160 valence electrons. The van der Waals surface area contributed by atoms with E-state index in [1.807, 2.05) is 0 Å². The summed E-state index contributed by atoms with van der Waals surface area (Å²) in [6.45, 7) is 1.38. The third-order valence-electron chi connectivity index (χ3n) is 5.44. The van der Waals surface area contributed by atoms with Gasteiger partial charge >= 0.3 is 0 Å². The minimum atomic E-state index is -0.408. The molecule has 0 bridgehead atoms. The van der Waals surface area contributed by atoms with Gasteiger partial charge in [0.2, 0.25) is 0 Å².